The van der Waals surface area contributed by atoms with E-state index in [9.17, 15) is 4.79 Å². The molecule has 0 rings (SSSR count). The van der Waals surface area contributed by atoms with Crippen molar-refractivity contribution in [2.24, 2.45) is 5.73 Å². The summed E-state index contributed by atoms with van der Waals surface area (Å²) in [5, 5.41) is 2.89. The fourth-order valence-electron chi connectivity index (χ4n) is 1.56. The zero-order valence-electron chi connectivity index (χ0n) is 10.4. The van der Waals surface area contributed by atoms with Gasteiger partial charge in [-0.3, -0.25) is 9.69 Å². The number of rotatable bonds is 7. The van der Waals surface area contributed by atoms with Gasteiger partial charge in [0, 0.05) is 12.1 Å². The fourth-order valence-corrected chi connectivity index (χ4v) is 1.56. The van der Waals surface area contributed by atoms with Gasteiger partial charge < -0.3 is 11.1 Å². The molecule has 15 heavy (non-hydrogen) atoms. The minimum absolute atomic E-state index is 0.0933. The predicted molar refractivity (Wildman–Crippen MR) is 63.7 cm³/mol. The van der Waals surface area contributed by atoms with E-state index >= 15 is 0 Å². The standard InChI is InChI=1S/C11H25N3O/c1-5-14(10(4)6-7-12)8-11(15)13-9(2)3/h9-10H,5-8,12H2,1-4H3,(H,13,15). The highest BCUT2D eigenvalue weighted by atomic mass is 16.2. The Kier molecular flexibility index (Phi) is 7.34. The first-order valence-electron chi connectivity index (χ1n) is 5.74. The van der Waals surface area contributed by atoms with Gasteiger partial charge in [0.2, 0.25) is 5.91 Å². The Hall–Kier alpha value is -0.610. The topological polar surface area (TPSA) is 58.4 Å². The van der Waals surface area contributed by atoms with E-state index in [2.05, 4.69) is 24.1 Å². The van der Waals surface area contributed by atoms with Crippen molar-refractivity contribution < 1.29 is 4.79 Å². The van der Waals surface area contributed by atoms with E-state index in [1.807, 2.05) is 13.8 Å². The van der Waals surface area contributed by atoms with Gasteiger partial charge in [-0.15, -0.1) is 0 Å². The van der Waals surface area contributed by atoms with Crippen LogP contribution < -0.4 is 11.1 Å². The van der Waals surface area contributed by atoms with Gasteiger partial charge in [0.25, 0.3) is 0 Å². The summed E-state index contributed by atoms with van der Waals surface area (Å²) >= 11 is 0. The Labute approximate surface area is 93.2 Å². The Morgan fingerprint density at radius 3 is 2.40 bits per heavy atom. The summed E-state index contributed by atoms with van der Waals surface area (Å²) in [6, 6.07) is 0.582. The molecule has 4 nitrogen and oxygen atoms in total. The number of carbonyl (C=O) groups is 1. The van der Waals surface area contributed by atoms with Crippen LogP contribution in [0.5, 0.6) is 0 Å². The van der Waals surface area contributed by atoms with Crippen LogP contribution >= 0.6 is 0 Å². The van der Waals surface area contributed by atoms with E-state index in [0.717, 1.165) is 13.0 Å². The van der Waals surface area contributed by atoms with Crippen molar-refractivity contribution >= 4 is 5.91 Å². The summed E-state index contributed by atoms with van der Waals surface area (Å²) in [6.45, 7) is 10.1. The van der Waals surface area contributed by atoms with E-state index in [-0.39, 0.29) is 11.9 Å². The van der Waals surface area contributed by atoms with Crippen molar-refractivity contribution in [3.05, 3.63) is 0 Å². The molecule has 0 aliphatic carbocycles. The van der Waals surface area contributed by atoms with Gasteiger partial charge in [0.15, 0.2) is 0 Å². The van der Waals surface area contributed by atoms with Crippen LogP contribution in [0.3, 0.4) is 0 Å². The molecule has 90 valence electrons. The maximum absolute atomic E-state index is 11.5. The van der Waals surface area contributed by atoms with E-state index < -0.39 is 0 Å². The highest BCUT2D eigenvalue weighted by Gasteiger charge is 2.15. The number of hydrogen-bond acceptors (Lipinski definition) is 3. The quantitative estimate of drug-likeness (QED) is 0.653. The van der Waals surface area contributed by atoms with Crippen LogP contribution in [0.25, 0.3) is 0 Å². The number of amides is 1. The molecule has 1 amide bonds. The van der Waals surface area contributed by atoms with Gasteiger partial charge in [-0.25, -0.2) is 0 Å². The summed E-state index contributed by atoms with van der Waals surface area (Å²) in [7, 11) is 0. The predicted octanol–water partition coefficient (Wildman–Crippen LogP) is 0.570. The monoisotopic (exact) mass is 215 g/mol. The molecule has 0 saturated heterocycles. The van der Waals surface area contributed by atoms with Crippen LogP contribution in [0.2, 0.25) is 0 Å². The summed E-state index contributed by atoms with van der Waals surface area (Å²) in [5.74, 6) is 0.0933. The maximum atomic E-state index is 11.5. The molecule has 0 radical (unpaired) electrons. The summed E-state index contributed by atoms with van der Waals surface area (Å²) in [5.41, 5.74) is 5.51. The normalized spacial score (nSPS) is 13.3. The second kappa shape index (κ2) is 7.65. The van der Waals surface area contributed by atoms with E-state index in [1.54, 1.807) is 0 Å². The Bertz CT molecular complexity index is 183. The SMILES string of the molecule is CCN(CC(=O)NC(C)C)C(C)CCN. The Morgan fingerprint density at radius 2 is 2.00 bits per heavy atom. The molecule has 3 N–H and O–H groups in total. The molecule has 0 aliphatic rings. The molecule has 0 aliphatic heterocycles. The van der Waals surface area contributed by atoms with Crippen LogP contribution in [0.4, 0.5) is 0 Å². The largest absolute Gasteiger partial charge is 0.353 e. The van der Waals surface area contributed by atoms with Crippen molar-refractivity contribution in [1.29, 1.82) is 0 Å². The number of nitrogens with one attached hydrogen (secondary N) is 1. The average Bonchev–Trinajstić information content (AvgIpc) is 2.13. The molecule has 0 aromatic heterocycles. The molecule has 4 heteroatoms. The van der Waals surface area contributed by atoms with Crippen LogP contribution in [-0.4, -0.2) is 42.5 Å². The van der Waals surface area contributed by atoms with Crippen molar-refractivity contribution in [3.8, 4) is 0 Å². The molecular weight excluding hydrogens is 190 g/mol. The van der Waals surface area contributed by atoms with E-state index in [1.165, 1.54) is 0 Å². The lowest BCUT2D eigenvalue weighted by atomic mass is 10.2. The molecule has 0 fully saturated rings. The molecule has 1 atom stereocenters. The van der Waals surface area contributed by atoms with Crippen molar-refractivity contribution in [2.45, 2.75) is 46.2 Å². The van der Waals surface area contributed by atoms with E-state index in [4.69, 9.17) is 5.73 Å². The van der Waals surface area contributed by atoms with Crippen LogP contribution in [-0.2, 0) is 4.79 Å². The van der Waals surface area contributed by atoms with Crippen molar-refractivity contribution in [1.82, 2.24) is 10.2 Å². The molecular formula is C11H25N3O. The Balaban J connectivity index is 4.02. The third-order valence-corrected chi connectivity index (χ3v) is 2.41. The average molecular weight is 215 g/mol. The van der Waals surface area contributed by atoms with Gasteiger partial charge in [-0.05, 0) is 40.3 Å². The third kappa shape index (κ3) is 6.47. The lowest BCUT2D eigenvalue weighted by Crippen LogP contribution is -2.44. The molecule has 0 heterocycles. The second-order valence-electron chi connectivity index (χ2n) is 4.21. The zero-order valence-corrected chi connectivity index (χ0v) is 10.4. The van der Waals surface area contributed by atoms with Crippen LogP contribution in [0, 0.1) is 0 Å². The second-order valence-corrected chi connectivity index (χ2v) is 4.21. The first kappa shape index (κ1) is 14.4. The third-order valence-electron chi connectivity index (χ3n) is 2.41. The number of hydrogen-bond donors (Lipinski definition) is 2. The lowest BCUT2D eigenvalue weighted by molar-refractivity contribution is -0.123. The van der Waals surface area contributed by atoms with Gasteiger partial charge >= 0.3 is 0 Å². The minimum atomic E-state index is 0.0933. The number of likely N-dealkylation sites (N-methyl/N-ethyl adjacent to an activating group) is 1. The van der Waals surface area contributed by atoms with Crippen molar-refractivity contribution in [3.63, 3.8) is 0 Å². The first-order chi connectivity index (χ1) is 7.01. The number of nitrogens with two attached hydrogens (primary N) is 1. The number of nitrogens with zero attached hydrogens (tertiary/aromatic N) is 1. The highest BCUT2D eigenvalue weighted by molar-refractivity contribution is 5.78. The molecule has 0 aromatic rings. The lowest BCUT2D eigenvalue weighted by Gasteiger charge is -2.27. The molecule has 0 aromatic carbocycles. The Morgan fingerprint density at radius 1 is 1.40 bits per heavy atom. The summed E-state index contributed by atoms with van der Waals surface area (Å²) in [6.07, 6.45) is 0.933. The smallest absolute Gasteiger partial charge is 0.234 e. The highest BCUT2D eigenvalue weighted by Crippen LogP contribution is 2.01. The molecule has 0 spiro atoms. The van der Waals surface area contributed by atoms with Crippen LogP contribution in [0.15, 0.2) is 0 Å². The van der Waals surface area contributed by atoms with Gasteiger partial charge in [-0.1, -0.05) is 6.92 Å². The minimum Gasteiger partial charge on any atom is -0.353 e. The summed E-state index contributed by atoms with van der Waals surface area (Å²) in [4.78, 5) is 13.7. The number of carbonyl (C=O) groups excluding carboxylic acids is 1. The molecule has 0 bridgehead atoms. The molecule has 1 unspecified atom stereocenters. The van der Waals surface area contributed by atoms with Gasteiger partial charge in [0.05, 0.1) is 6.54 Å². The van der Waals surface area contributed by atoms with E-state index in [0.29, 0.717) is 19.1 Å². The van der Waals surface area contributed by atoms with Crippen LogP contribution in [0.1, 0.15) is 34.1 Å². The van der Waals surface area contributed by atoms with Gasteiger partial charge in [-0.2, -0.15) is 0 Å². The fraction of sp³-hybridized carbons (Fsp3) is 0.909. The molecule has 0 saturated carbocycles. The summed E-state index contributed by atoms with van der Waals surface area (Å²) < 4.78 is 0. The maximum Gasteiger partial charge on any atom is 0.234 e. The van der Waals surface area contributed by atoms with Crippen molar-refractivity contribution in [2.75, 3.05) is 19.6 Å². The zero-order chi connectivity index (χ0) is 11.8. The first-order valence-corrected chi connectivity index (χ1v) is 5.74. The van der Waals surface area contributed by atoms with Gasteiger partial charge in [0.1, 0.15) is 0 Å².